The van der Waals surface area contributed by atoms with Crippen LogP contribution in [-0.2, 0) is 11.3 Å². The fourth-order valence-corrected chi connectivity index (χ4v) is 2.55. The number of aryl methyl sites for hydroxylation is 3. The van der Waals surface area contributed by atoms with Crippen molar-refractivity contribution in [2.75, 3.05) is 25.0 Å². The van der Waals surface area contributed by atoms with Gasteiger partial charge in [-0.25, -0.2) is 4.99 Å². The van der Waals surface area contributed by atoms with Gasteiger partial charge in [-0.2, -0.15) is 5.10 Å². The average Bonchev–Trinajstić information content (AvgIpc) is 2.94. The van der Waals surface area contributed by atoms with Crippen molar-refractivity contribution in [1.82, 2.24) is 20.4 Å². The van der Waals surface area contributed by atoms with Gasteiger partial charge in [-0.3, -0.25) is 9.48 Å². The normalized spacial score (nSPS) is 11.3. The van der Waals surface area contributed by atoms with Crippen LogP contribution < -0.4 is 16.0 Å². The van der Waals surface area contributed by atoms with Crippen molar-refractivity contribution in [2.45, 2.75) is 33.7 Å². The highest BCUT2D eigenvalue weighted by atomic mass is 16.1. The molecule has 1 aromatic heterocycles. The molecule has 26 heavy (non-hydrogen) atoms. The number of aromatic nitrogens is 2. The zero-order valence-corrected chi connectivity index (χ0v) is 15.7. The number of amides is 1. The van der Waals surface area contributed by atoms with E-state index in [2.05, 4.69) is 39.0 Å². The van der Waals surface area contributed by atoms with E-state index in [4.69, 9.17) is 0 Å². The predicted molar refractivity (Wildman–Crippen MR) is 105 cm³/mol. The van der Waals surface area contributed by atoms with Gasteiger partial charge in [-0.1, -0.05) is 18.2 Å². The number of hydrogen-bond acceptors (Lipinski definition) is 3. The van der Waals surface area contributed by atoms with Gasteiger partial charge >= 0.3 is 0 Å². The molecule has 0 unspecified atom stereocenters. The molecule has 0 radical (unpaired) electrons. The van der Waals surface area contributed by atoms with E-state index in [0.717, 1.165) is 37.4 Å². The third-order valence-corrected chi connectivity index (χ3v) is 3.73. The van der Waals surface area contributed by atoms with Gasteiger partial charge in [0.1, 0.15) is 6.54 Å². The molecule has 0 spiro atoms. The van der Waals surface area contributed by atoms with Crippen LogP contribution in [0.1, 0.15) is 24.7 Å². The van der Waals surface area contributed by atoms with Gasteiger partial charge in [-0.15, -0.1) is 0 Å². The van der Waals surface area contributed by atoms with Gasteiger partial charge < -0.3 is 16.0 Å². The molecular formula is C19H28N6O. The summed E-state index contributed by atoms with van der Waals surface area (Å²) in [4.78, 5) is 16.3. The number of aliphatic imine (C=N–C) groups is 1. The zero-order valence-electron chi connectivity index (χ0n) is 15.7. The number of carbonyl (C=O) groups excluding carboxylic acids is 1. The largest absolute Gasteiger partial charge is 0.357 e. The standard InChI is InChI=1S/C19H28N6O/c1-4-20-19(21-11-8-12-25-16(3)13-15(2)24-25)22-14-18(26)23-17-9-6-5-7-10-17/h5-7,9-10,13H,4,8,11-12,14H2,1-3H3,(H,23,26)(H2,20,21,22). The van der Waals surface area contributed by atoms with Gasteiger partial charge in [-0.05, 0) is 45.4 Å². The topological polar surface area (TPSA) is 83.3 Å². The van der Waals surface area contributed by atoms with Gasteiger partial charge in [0.25, 0.3) is 0 Å². The molecule has 1 heterocycles. The molecule has 2 rings (SSSR count). The van der Waals surface area contributed by atoms with Crippen molar-refractivity contribution >= 4 is 17.6 Å². The van der Waals surface area contributed by atoms with E-state index in [0.29, 0.717) is 5.96 Å². The molecule has 0 aliphatic carbocycles. The monoisotopic (exact) mass is 356 g/mol. The quantitative estimate of drug-likeness (QED) is 0.384. The number of benzene rings is 1. The van der Waals surface area contributed by atoms with Crippen molar-refractivity contribution in [1.29, 1.82) is 0 Å². The van der Waals surface area contributed by atoms with Crippen LogP contribution in [0.5, 0.6) is 0 Å². The minimum absolute atomic E-state index is 0.0711. The van der Waals surface area contributed by atoms with E-state index in [-0.39, 0.29) is 12.5 Å². The molecule has 3 N–H and O–H groups in total. The Morgan fingerprint density at radius 2 is 1.96 bits per heavy atom. The van der Waals surface area contributed by atoms with Gasteiger partial charge in [0, 0.05) is 31.0 Å². The fraction of sp³-hybridized carbons (Fsp3) is 0.421. The summed E-state index contributed by atoms with van der Waals surface area (Å²) in [5.74, 6) is 0.500. The van der Waals surface area contributed by atoms with Gasteiger partial charge in [0.2, 0.25) is 5.91 Å². The summed E-state index contributed by atoms with van der Waals surface area (Å²) in [5.41, 5.74) is 2.98. The number of hydrogen-bond donors (Lipinski definition) is 3. The maximum absolute atomic E-state index is 12.0. The highest BCUT2D eigenvalue weighted by molar-refractivity contribution is 5.94. The van der Waals surface area contributed by atoms with Crippen LogP contribution in [0, 0.1) is 13.8 Å². The summed E-state index contributed by atoms with van der Waals surface area (Å²) in [5, 5.41) is 13.7. The van der Waals surface area contributed by atoms with Gasteiger partial charge in [0.15, 0.2) is 5.96 Å². The lowest BCUT2D eigenvalue weighted by Crippen LogP contribution is -2.38. The predicted octanol–water partition coefficient (Wildman–Crippen LogP) is 2.08. The lowest BCUT2D eigenvalue weighted by molar-refractivity contribution is -0.114. The number of anilines is 1. The summed E-state index contributed by atoms with van der Waals surface area (Å²) in [7, 11) is 0. The van der Waals surface area contributed by atoms with Crippen LogP contribution in [0.25, 0.3) is 0 Å². The van der Waals surface area contributed by atoms with Crippen LogP contribution >= 0.6 is 0 Å². The number of nitrogens with one attached hydrogen (secondary N) is 3. The van der Waals surface area contributed by atoms with Crippen molar-refractivity contribution in [2.24, 2.45) is 4.99 Å². The van der Waals surface area contributed by atoms with E-state index in [1.807, 2.05) is 48.9 Å². The third kappa shape index (κ3) is 6.58. The summed E-state index contributed by atoms with van der Waals surface area (Å²) in [6.07, 6.45) is 0.919. The minimum atomic E-state index is -0.143. The number of rotatable bonds is 8. The molecule has 0 fully saturated rings. The third-order valence-electron chi connectivity index (χ3n) is 3.73. The number of para-hydroxylation sites is 1. The second kappa shape index (κ2) is 10.2. The van der Waals surface area contributed by atoms with Crippen molar-refractivity contribution in [3.8, 4) is 0 Å². The Morgan fingerprint density at radius 1 is 1.19 bits per heavy atom. The maximum Gasteiger partial charge on any atom is 0.246 e. The Kier molecular flexibility index (Phi) is 7.67. The molecule has 7 nitrogen and oxygen atoms in total. The van der Waals surface area contributed by atoms with Crippen molar-refractivity contribution in [3.05, 3.63) is 47.8 Å². The van der Waals surface area contributed by atoms with Crippen LogP contribution in [0.15, 0.2) is 41.4 Å². The molecule has 140 valence electrons. The van der Waals surface area contributed by atoms with E-state index >= 15 is 0 Å². The first-order valence-electron chi connectivity index (χ1n) is 8.96. The highest BCUT2D eigenvalue weighted by Gasteiger charge is 2.04. The molecule has 0 saturated carbocycles. The number of nitrogens with zero attached hydrogens (tertiary/aromatic N) is 3. The summed E-state index contributed by atoms with van der Waals surface area (Å²) >= 11 is 0. The second-order valence-electron chi connectivity index (χ2n) is 6.04. The van der Waals surface area contributed by atoms with Gasteiger partial charge in [0.05, 0.1) is 5.69 Å². The SMILES string of the molecule is CCNC(=NCC(=O)Nc1ccccc1)NCCCn1nc(C)cc1C. The molecule has 0 aliphatic heterocycles. The number of guanidine groups is 1. The zero-order chi connectivity index (χ0) is 18.8. The Bertz CT molecular complexity index is 723. The molecule has 1 aromatic carbocycles. The average molecular weight is 356 g/mol. The highest BCUT2D eigenvalue weighted by Crippen LogP contribution is 2.04. The van der Waals surface area contributed by atoms with Crippen LogP contribution in [0.4, 0.5) is 5.69 Å². The van der Waals surface area contributed by atoms with E-state index in [9.17, 15) is 4.79 Å². The Morgan fingerprint density at radius 3 is 2.62 bits per heavy atom. The smallest absolute Gasteiger partial charge is 0.246 e. The molecule has 0 saturated heterocycles. The van der Waals surface area contributed by atoms with Crippen molar-refractivity contribution < 1.29 is 4.79 Å². The Hall–Kier alpha value is -2.83. The minimum Gasteiger partial charge on any atom is -0.357 e. The van der Waals surface area contributed by atoms with E-state index in [1.54, 1.807) is 0 Å². The molecular weight excluding hydrogens is 328 g/mol. The molecule has 0 bridgehead atoms. The summed E-state index contributed by atoms with van der Waals surface area (Å²) < 4.78 is 2.01. The van der Waals surface area contributed by atoms with E-state index < -0.39 is 0 Å². The Labute approximate surface area is 154 Å². The lowest BCUT2D eigenvalue weighted by Gasteiger charge is -2.11. The second-order valence-corrected chi connectivity index (χ2v) is 6.04. The van der Waals surface area contributed by atoms with Crippen LogP contribution in [-0.4, -0.2) is 41.3 Å². The molecule has 7 heteroatoms. The number of carbonyl (C=O) groups is 1. The van der Waals surface area contributed by atoms with E-state index in [1.165, 1.54) is 5.69 Å². The Balaban J connectivity index is 1.76. The summed E-state index contributed by atoms with van der Waals surface area (Å²) in [6, 6.07) is 11.5. The van der Waals surface area contributed by atoms with Crippen LogP contribution in [0.3, 0.4) is 0 Å². The first kappa shape index (κ1) is 19.5. The van der Waals surface area contributed by atoms with Crippen molar-refractivity contribution in [3.63, 3.8) is 0 Å². The van der Waals surface area contributed by atoms with Crippen LogP contribution in [0.2, 0.25) is 0 Å². The first-order valence-corrected chi connectivity index (χ1v) is 8.96. The molecule has 1 amide bonds. The molecule has 0 atom stereocenters. The fourth-order valence-electron chi connectivity index (χ4n) is 2.55. The molecule has 0 aliphatic rings. The molecule has 2 aromatic rings. The first-order chi connectivity index (χ1) is 12.6. The summed E-state index contributed by atoms with van der Waals surface area (Å²) in [6.45, 7) is 8.47. The maximum atomic E-state index is 12.0. The lowest BCUT2D eigenvalue weighted by atomic mass is 10.3.